The molecule has 0 aliphatic heterocycles. The second-order valence-corrected chi connectivity index (χ2v) is 6.59. The first-order valence-electron chi connectivity index (χ1n) is 9.43. The fourth-order valence-electron chi connectivity index (χ4n) is 2.75. The molecule has 5 heteroatoms. The lowest BCUT2D eigenvalue weighted by atomic mass is 10.0. The maximum atomic E-state index is 12.1. The molecule has 1 atom stereocenters. The molecule has 0 bridgehead atoms. The van der Waals surface area contributed by atoms with Crippen molar-refractivity contribution >= 4 is 11.7 Å². The molecule has 0 aromatic heterocycles. The Labute approximate surface area is 151 Å². The highest BCUT2D eigenvalue weighted by Gasteiger charge is 2.15. The molecular formula is C20H33N3O2. The van der Waals surface area contributed by atoms with Crippen molar-refractivity contribution in [3.8, 4) is 0 Å². The highest BCUT2D eigenvalue weighted by atomic mass is 16.3. The molecular weight excluding hydrogens is 314 g/mol. The Bertz CT molecular complexity index is 514. The second-order valence-electron chi connectivity index (χ2n) is 6.59. The van der Waals surface area contributed by atoms with E-state index in [1.165, 1.54) is 56.9 Å². The zero-order chi connectivity index (χ0) is 18.5. The van der Waals surface area contributed by atoms with E-state index in [1.54, 1.807) is 12.1 Å². The number of hydrogen-bond donors (Lipinski definition) is 4. The van der Waals surface area contributed by atoms with Gasteiger partial charge in [0.15, 0.2) is 0 Å². The SMILES string of the molecule is CCCCCCCCCCc1ccc(C(=O)N[C@@H](CO)C(=N)N)cc1. The van der Waals surface area contributed by atoms with Gasteiger partial charge in [0.05, 0.1) is 6.61 Å². The van der Waals surface area contributed by atoms with E-state index in [9.17, 15) is 4.79 Å². The maximum absolute atomic E-state index is 12.1. The summed E-state index contributed by atoms with van der Waals surface area (Å²) in [5, 5.41) is 18.9. The van der Waals surface area contributed by atoms with Crippen molar-refractivity contribution in [3.05, 3.63) is 35.4 Å². The number of amides is 1. The van der Waals surface area contributed by atoms with Gasteiger partial charge in [-0.1, -0.05) is 64.0 Å². The van der Waals surface area contributed by atoms with E-state index in [0.29, 0.717) is 5.56 Å². The van der Waals surface area contributed by atoms with Gasteiger partial charge < -0.3 is 16.2 Å². The Morgan fingerprint density at radius 3 is 2.16 bits per heavy atom. The average Bonchev–Trinajstić information content (AvgIpc) is 2.62. The highest BCUT2D eigenvalue weighted by Crippen LogP contribution is 2.12. The van der Waals surface area contributed by atoms with E-state index in [2.05, 4.69) is 12.2 Å². The summed E-state index contributed by atoms with van der Waals surface area (Å²) in [5.74, 6) is -0.574. The van der Waals surface area contributed by atoms with Crippen molar-refractivity contribution in [3.63, 3.8) is 0 Å². The largest absolute Gasteiger partial charge is 0.394 e. The first-order valence-corrected chi connectivity index (χ1v) is 9.43. The number of benzene rings is 1. The number of nitrogens with two attached hydrogens (primary N) is 1. The molecule has 0 saturated carbocycles. The van der Waals surface area contributed by atoms with Crippen LogP contribution in [0.5, 0.6) is 0 Å². The molecule has 1 aromatic carbocycles. The predicted molar refractivity (Wildman–Crippen MR) is 103 cm³/mol. The van der Waals surface area contributed by atoms with Crippen LogP contribution in [0.3, 0.4) is 0 Å². The number of aryl methyl sites for hydroxylation is 1. The van der Waals surface area contributed by atoms with Crippen LogP contribution in [0, 0.1) is 5.41 Å². The topological polar surface area (TPSA) is 99.2 Å². The Morgan fingerprint density at radius 1 is 1.08 bits per heavy atom. The number of unbranched alkanes of at least 4 members (excludes halogenated alkanes) is 7. The minimum absolute atomic E-state index is 0.248. The molecule has 25 heavy (non-hydrogen) atoms. The fourth-order valence-corrected chi connectivity index (χ4v) is 2.75. The molecule has 0 aliphatic rings. The van der Waals surface area contributed by atoms with Crippen molar-refractivity contribution in [1.82, 2.24) is 5.32 Å². The first-order chi connectivity index (χ1) is 12.1. The molecule has 0 fully saturated rings. The summed E-state index contributed by atoms with van der Waals surface area (Å²) in [4.78, 5) is 12.1. The van der Waals surface area contributed by atoms with Crippen LogP contribution in [0.2, 0.25) is 0 Å². The van der Waals surface area contributed by atoms with Gasteiger partial charge in [-0.05, 0) is 30.5 Å². The van der Waals surface area contributed by atoms with E-state index in [4.69, 9.17) is 16.2 Å². The van der Waals surface area contributed by atoms with Crippen LogP contribution in [0.25, 0.3) is 0 Å². The Balaban J connectivity index is 2.29. The maximum Gasteiger partial charge on any atom is 0.251 e. The molecule has 0 saturated heterocycles. The van der Waals surface area contributed by atoms with Crippen LogP contribution in [0.4, 0.5) is 0 Å². The van der Waals surface area contributed by atoms with Crippen LogP contribution < -0.4 is 11.1 Å². The van der Waals surface area contributed by atoms with Gasteiger partial charge in [0.2, 0.25) is 0 Å². The van der Waals surface area contributed by atoms with Crippen molar-refractivity contribution in [2.45, 2.75) is 70.8 Å². The minimum atomic E-state index is -0.829. The van der Waals surface area contributed by atoms with E-state index in [1.807, 2.05) is 12.1 Å². The Morgan fingerprint density at radius 2 is 1.64 bits per heavy atom. The predicted octanol–water partition coefficient (Wildman–Crippen LogP) is 3.40. The van der Waals surface area contributed by atoms with Gasteiger partial charge in [-0.15, -0.1) is 0 Å². The van der Waals surface area contributed by atoms with Gasteiger partial charge in [0, 0.05) is 5.56 Å². The lowest BCUT2D eigenvalue weighted by molar-refractivity contribution is 0.0933. The molecule has 0 aliphatic carbocycles. The number of carbonyl (C=O) groups is 1. The van der Waals surface area contributed by atoms with E-state index >= 15 is 0 Å². The fraction of sp³-hybridized carbons (Fsp3) is 0.600. The number of amidine groups is 1. The van der Waals surface area contributed by atoms with Crippen LogP contribution >= 0.6 is 0 Å². The molecule has 1 rings (SSSR count). The summed E-state index contributed by atoms with van der Waals surface area (Å²) < 4.78 is 0. The normalized spacial score (nSPS) is 11.9. The molecule has 1 amide bonds. The molecule has 140 valence electrons. The van der Waals surface area contributed by atoms with Crippen molar-refractivity contribution in [2.24, 2.45) is 5.73 Å². The van der Waals surface area contributed by atoms with Gasteiger partial charge in [-0.25, -0.2) is 0 Å². The van der Waals surface area contributed by atoms with Crippen molar-refractivity contribution in [2.75, 3.05) is 6.61 Å². The van der Waals surface area contributed by atoms with Gasteiger partial charge in [0.25, 0.3) is 5.91 Å². The van der Waals surface area contributed by atoms with Gasteiger partial charge in [-0.3, -0.25) is 10.2 Å². The molecule has 0 radical (unpaired) electrons. The van der Waals surface area contributed by atoms with Crippen molar-refractivity contribution in [1.29, 1.82) is 5.41 Å². The zero-order valence-electron chi connectivity index (χ0n) is 15.4. The van der Waals surface area contributed by atoms with E-state index < -0.39 is 6.04 Å². The number of carbonyl (C=O) groups excluding carboxylic acids is 1. The second kappa shape index (κ2) is 12.5. The monoisotopic (exact) mass is 347 g/mol. The van der Waals surface area contributed by atoms with Gasteiger partial charge >= 0.3 is 0 Å². The van der Waals surface area contributed by atoms with Crippen LogP contribution in [-0.4, -0.2) is 29.5 Å². The summed E-state index contributed by atoms with van der Waals surface area (Å²) >= 11 is 0. The van der Waals surface area contributed by atoms with Gasteiger partial charge in [-0.2, -0.15) is 0 Å². The summed E-state index contributed by atoms with van der Waals surface area (Å²) in [7, 11) is 0. The molecule has 5 nitrogen and oxygen atoms in total. The average molecular weight is 348 g/mol. The van der Waals surface area contributed by atoms with E-state index in [0.717, 1.165) is 6.42 Å². The number of aliphatic hydroxyl groups excluding tert-OH is 1. The number of hydrogen-bond acceptors (Lipinski definition) is 3. The summed E-state index contributed by atoms with van der Waals surface area (Å²) in [5.41, 5.74) is 7.06. The number of aliphatic hydroxyl groups is 1. The highest BCUT2D eigenvalue weighted by molar-refractivity contribution is 5.97. The Hall–Kier alpha value is -1.88. The number of nitrogens with one attached hydrogen (secondary N) is 2. The first kappa shape index (κ1) is 21.2. The molecule has 1 aromatic rings. The Kier molecular flexibility index (Phi) is 10.6. The lowest BCUT2D eigenvalue weighted by Gasteiger charge is -2.14. The summed E-state index contributed by atoms with van der Waals surface area (Å²) in [6.45, 7) is 1.86. The summed E-state index contributed by atoms with van der Waals surface area (Å²) in [6, 6.07) is 6.67. The third-order valence-corrected chi connectivity index (χ3v) is 4.40. The third kappa shape index (κ3) is 8.68. The lowest BCUT2D eigenvalue weighted by Crippen LogP contribution is -2.46. The standard InChI is InChI=1S/C20H33N3O2/c1-2-3-4-5-6-7-8-9-10-16-11-13-17(14-12-16)20(25)23-18(15-24)19(21)22/h11-14,18,24H,2-10,15H2,1H3,(H3,21,22)(H,23,25)/t18-/m0/s1. The summed E-state index contributed by atoms with van der Waals surface area (Å²) in [6.07, 6.45) is 11.5. The van der Waals surface area contributed by atoms with Crippen LogP contribution in [0.1, 0.15) is 74.2 Å². The van der Waals surface area contributed by atoms with Gasteiger partial charge in [0.1, 0.15) is 11.9 Å². The smallest absolute Gasteiger partial charge is 0.251 e. The number of rotatable bonds is 13. The van der Waals surface area contributed by atoms with E-state index in [-0.39, 0.29) is 18.3 Å². The molecule has 0 spiro atoms. The molecule has 0 heterocycles. The van der Waals surface area contributed by atoms with Crippen LogP contribution in [0.15, 0.2) is 24.3 Å². The van der Waals surface area contributed by atoms with Crippen molar-refractivity contribution < 1.29 is 9.90 Å². The molecule has 0 unspecified atom stereocenters. The minimum Gasteiger partial charge on any atom is -0.394 e. The van der Waals surface area contributed by atoms with Crippen LogP contribution in [-0.2, 0) is 6.42 Å². The quantitative estimate of drug-likeness (QED) is 0.250. The zero-order valence-corrected chi connectivity index (χ0v) is 15.4. The third-order valence-electron chi connectivity index (χ3n) is 4.40. The molecule has 5 N–H and O–H groups in total.